The molecule has 0 aliphatic carbocycles. The molecule has 2 heteroatoms. The van der Waals surface area contributed by atoms with Crippen LogP contribution in [0.25, 0.3) is 6.08 Å². The molecule has 1 aromatic rings. The molecule has 14 heavy (non-hydrogen) atoms. The van der Waals surface area contributed by atoms with Crippen molar-refractivity contribution in [3.05, 3.63) is 42.0 Å². The van der Waals surface area contributed by atoms with Gasteiger partial charge >= 0.3 is 0 Å². The molecule has 0 aliphatic rings. The summed E-state index contributed by atoms with van der Waals surface area (Å²) >= 11 is 0. The largest absolute Gasteiger partial charge is 0.415 e. The highest BCUT2D eigenvalue weighted by atomic mass is 28.3. The summed E-state index contributed by atoms with van der Waals surface area (Å²) in [6.45, 7) is 6.46. The second-order valence-electron chi connectivity index (χ2n) is 3.66. The molecule has 76 valence electrons. The van der Waals surface area contributed by atoms with E-state index in [1.807, 2.05) is 18.2 Å². The zero-order valence-electron chi connectivity index (χ0n) is 9.10. The van der Waals surface area contributed by atoms with Crippen molar-refractivity contribution in [2.75, 3.05) is 0 Å². The first-order valence-corrected chi connectivity index (χ1v) is 7.85. The Hall–Kier alpha value is -0.863. The van der Waals surface area contributed by atoms with E-state index in [0.717, 1.165) is 0 Å². The Kier molecular flexibility index (Phi) is 4.63. The summed E-state index contributed by atoms with van der Waals surface area (Å²) in [7, 11) is -0.905. The van der Waals surface area contributed by atoms with Crippen LogP contribution in [-0.2, 0) is 4.43 Å². The van der Waals surface area contributed by atoms with Crippen molar-refractivity contribution in [3.63, 3.8) is 0 Å². The second kappa shape index (κ2) is 5.78. The topological polar surface area (TPSA) is 9.23 Å². The lowest BCUT2D eigenvalue weighted by Gasteiger charge is -2.11. The third kappa shape index (κ3) is 4.39. The number of hydrogen-bond acceptors (Lipinski definition) is 1. The zero-order valence-corrected chi connectivity index (χ0v) is 10.3. The Morgan fingerprint density at radius 1 is 1.21 bits per heavy atom. The summed E-state index contributed by atoms with van der Waals surface area (Å²) in [6, 6.07) is 10.3. The molecular formula is C12H18OSi. The Bertz CT molecular complexity index is 280. The van der Waals surface area contributed by atoms with Gasteiger partial charge in [-0.2, -0.15) is 0 Å². The van der Waals surface area contributed by atoms with Crippen LogP contribution in [-0.4, -0.2) is 15.1 Å². The molecule has 0 N–H and O–H groups in total. The molecule has 0 amide bonds. The third-order valence-corrected chi connectivity index (χ3v) is 2.82. The first kappa shape index (κ1) is 11.2. The fraction of sp³-hybridized carbons (Fsp3) is 0.333. The summed E-state index contributed by atoms with van der Waals surface area (Å²) in [5, 5.41) is 0. The van der Waals surface area contributed by atoms with E-state index in [9.17, 15) is 0 Å². The molecule has 0 aliphatic heterocycles. The van der Waals surface area contributed by atoms with E-state index in [2.05, 4.69) is 44.3 Å². The predicted molar refractivity (Wildman–Crippen MR) is 64.9 cm³/mol. The molecule has 0 saturated heterocycles. The van der Waals surface area contributed by atoms with E-state index in [0.29, 0.717) is 0 Å². The Morgan fingerprint density at radius 3 is 2.43 bits per heavy atom. The molecule has 0 spiro atoms. The Morgan fingerprint density at radius 2 is 1.86 bits per heavy atom. The summed E-state index contributed by atoms with van der Waals surface area (Å²) in [5.74, 6) is 0. The van der Waals surface area contributed by atoms with Crippen LogP contribution in [0.4, 0.5) is 0 Å². The van der Waals surface area contributed by atoms with Crippen LogP contribution in [0.1, 0.15) is 12.5 Å². The molecule has 1 rings (SSSR count). The minimum absolute atomic E-state index is 0.238. The molecule has 0 saturated carbocycles. The van der Waals surface area contributed by atoms with Gasteiger partial charge in [0, 0.05) is 0 Å². The van der Waals surface area contributed by atoms with E-state index >= 15 is 0 Å². The van der Waals surface area contributed by atoms with Crippen LogP contribution >= 0.6 is 0 Å². The van der Waals surface area contributed by atoms with Crippen molar-refractivity contribution in [1.29, 1.82) is 0 Å². The van der Waals surface area contributed by atoms with Crippen molar-refractivity contribution in [2.24, 2.45) is 0 Å². The van der Waals surface area contributed by atoms with Crippen molar-refractivity contribution in [1.82, 2.24) is 0 Å². The van der Waals surface area contributed by atoms with Crippen LogP contribution in [0.3, 0.4) is 0 Å². The average molecular weight is 206 g/mol. The van der Waals surface area contributed by atoms with Crippen molar-refractivity contribution >= 4 is 15.1 Å². The van der Waals surface area contributed by atoms with Gasteiger partial charge in [-0.1, -0.05) is 42.5 Å². The molecule has 0 aromatic heterocycles. The molecule has 1 nitrogen and oxygen atoms in total. The Balaban J connectivity index is 2.48. The zero-order chi connectivity index (χ0) is 10.4. The molecule has 1 aromatic carbocycles. The minimum atomic E-state index is -0.905. The number of rotatable bonds is 4. The molecular weight excluding hydrogens is 188 g/mol. The summed E-state index contributed by atoms with van der Waals surface area (Å²) in [5.41, 5.74) is 1.23. The van der Waals surface area contributed by atoms with Crippen molar-refractivity contribution < 1.29 is 4.43 Å². The van der Waals surface area contributed by atoms with Crippen LogP contribution in [0.5, 0.6) is 0 Å². The summed E-state index contributed by atoms with van der Waals surface area (Å²) in [6.07, 6.45) is 4.46. The van der Waals surface area contributed by atoms with Gasteiger partial charge in [-0.15, -0.1) is 0 Å². The molecule has 0 bridgehead atoms. The minimum Gasteiger partial charge on any atom is -0.415 e. The fourth-order valence-corrected chi connectivity index (χ4v) is 2.23. The van der Waals surface area contributed by atoms with Crippen LogP contribution < -0.4 is 0 Å². The Labute approximate surface area is 88.1 Å². The van der Waals surface area contributed by atoms with Gasteiger partial charge in [-0.25, -0.2) is 0 Å². The van der Waals surface area contributed by atoms with Gasteiger partial charge in [0.2, 0.25) is 0 Å². The van der Waals surface area contributed by atoms with Crippen LogP contribution in [0.2, 0.25) is 13.1 Å². The maximum atomic E-state index is 5.72. The first-order chi connectivity index (χ1) is 6.68. The fourth-order valence-electron chi connectivity index (χ4n) is 1.29. The van der Waals surface area contributed by atoms with E-state index in [4.69, 9.17) is 4.43 Å². The van der Waals surface area contributed by atoms with Crippen molar-refractivity contribution in [2.45, 2.75) is 26.1 Å². The van der Waals surface area contributed by atoms with E-state index in [1.165, 1.54) is 5.56 Å². The van der Waals surface area contributed by atoms with E-state index < -0.39 is 9.04 Å². The average Bonchev–Trinajstić information content (AvgIpc) is 2.15. The maximum Gasteiger partial charge on any atom is 0.171 e. The van der Waals surface area contributed by atoms with Gasteiger partial charge in [-0.3, -0.25) is 0 Å². The molecule has 0 fully saturated rings. The van der Waals surface area contributed by atoms with Crippen molar-refractivity contribution in [3.8, 4) is 0 Å². The monoisotopic (exact) mass is 206 g/mol. The van der Waals surface area contributed by atoms with E-state index in [1.54, 1.807) is 0 Å². The lowest BCUT2D eigenvalue weighted by atomic mass is 10.2. The summed E-state index contributed by atoms with van der Waals surface area (Å²) < 4.78 is 5.72. The van der Waals surface area contributed by atoms with Gasteiger partial charge in [0.1, 0.15) is 0 Å². The SMILES string of the molecule is CC(C=Cc1ccccc1)O[SiH](C)C. The van der Waals surface area contributed by atoms with E-state index in [-0.39, 0.29) is 6.10 Å². The van der Waals surface area contributed by atoms with Gasteiger partial charge in [-0.05, 0) is 25.6 Å². The normalized spacial score (nSPS) is 13.7. The maximum absolute atomic E-state index is 5.72. The standard InChI is InChI=1S/C12H18OSi/c1-11(13-14(2)3)9-10-12-7-5-4-6-8-12/h4-11,14H,1-3H3. The highest BCUT2D eigenvalue weighted by molar-refractivity contribution is 6.48. The van der Waals surface area contributed by atoms with Crippen LogP contribution in [0, 0.1) is 0 Å². The smallest absolute Gasteiger partial charge is 0.171 e. The highest BCUT2D eigenvalue weighted by Gasteiger charge is 2.00. The molecule has 0 heterocycles. The van der Waals surface area contributed by atoms with Gasteiger partial charge in [0.05, 0.1) is 6.10 Å². The second-order valence-corrected chi connectivity index (χ2v) is 6.03. The molecule has 1 atom stereocenters. The van der Waals surface area contributed by atoms with Gasteiger partial charge in [0.15, 0.2) is 9.04 Å². The number of hydrogen-bond donors (Lipinski definition) is 0. The first-order valence-electron chi connectivity index (χ1n) is 5.07. The quantitative estimate of drug-likeness (QED) is 0.688. The predicted octanol–water partition coefficient (Wildman–Crippen LogP) is 3.09. The lowest BCUT2D eigenvalue weighted by molar-refractivity contribution is 0.277. The van der Waals surface area contributed by atoms with Gasteiger partial charge < -0.3 is 4.43 Å². The lowest BCUT2D eigenvalue weighted by Crippen LogP contribution is -2.15. The third-order valence-electron chi connectivity index (χ3n) is 1.85. The molecule has 1 unspecified atom stereocenters. The molecule has 0 radical (unpaired) electrons. The van der Waals surface area contributed by atoms with Crippen LogP contribution in [0.15, 0.2) is 36.4 Å². The number of benzene rings is 1. The summed E-state index contributed by atoms with van der Waals surface area (Å²) in [4.78, 5) is 0. The highest BCUT2D eigenvalue weighted by Crippen LogP contribution is 2.04. The van der Waals surface area contributed by atoms with Gasteiger partial charge in [0.25, 0.3) is 0 Å².